The van der Waals surface area contributed by atoms with Gasteiger partial charge < -0.3 is 15.2 Å². The SMILES string of the molecule is CCOC(=O)c1cnc(NCCc2ccc(CO)cc2)nc1. The molecular weight excluding hydrogens is 282 g/mol. The minimum absolute atomic E-state index is 0.0547. The number of esters is 1. The number of carbonyl (C=O) groups excluding carboxylic acids is 1. The molecular formula is C16H19N3O3. The number of nitrogens with zero attached hydrogens (tertiary/aromatic N) is 2. The fourth-order valence-electron chi connectivity index (χ4n) is 1.87. The molecule has 0 saturated carbocycles. The number of aliphatic hydroxyl groups excluding tert-OH is 1. The summed E-state index contributed by atoms with van der Waals surface area (Å²) < 4.78 is 4.87. The van der Waals surface area contributed by atoms with E-state index in [9.17, 15) is 4.79 Å². The lowest BCUT2D eigenvalue weighted by molar-refractivity contribution is 0.0525. The van der Waals surface area contributed by atoms with Crippen molar-refractivity contribution in [1.29, 1.82) is 0 Å². The van der Waals surface area contributed by atoms with Gasteiger partial charge >= 0.3 is 5.97 Å². The van der Waals surface area contributed by atoms with Gasteiger partial charge in [0.1, 0.15) is 0 Å². The van der Waals surface area contributed by atoms with Crippen LogP contribution < -0.4 is 5.32 Å². The first-order valence-corrected chi connectivity index (χ1v) is 7.14. The Hall–Kier alpha value is -2.47. The first-order valence-electron chi connectivity index (χ1n) is 7.14. The van der Waals surface area contributed by atoms with E-state index in [1.54, 1.807) is 6.92 Å². The van der Waals surface area contributed by atoms with Crippen LogP contribution in [0.2, 0.25) is 0 Å². The van der Waals surface area contributed by atoms with Crippen LogP contribution in [0.3, 0.4) is 0 Å². The van der Waals surface area contributed by atoms with E-state index in [4.69, 9.17) is 9.84 Å². The molecule has 1 heterocycles. The minimum atomic E-state index is -0.418. The predicted molar refractivity (Wildman–Crippen MR) is 82.5 cm³/mol. The van der Waals surface area contributed by atoms with Crippen LogP contribution in [0.1, 0.15) is 28.4 Å². The number of aliphatic hydroxyl groups is 1. The molecule has 6 heteroatoms. The van der Waals surface area contributed by atoms with Crippen LogP contribution in [-0.2, 0) is 17.8 Å². The number of carbonyl (C=O) groups is 1. The first kappa shape index (κ1) is 15.9. The molecule has 0 atom stereocenters. The van der Waals surface area contributed by atoms with Gasteiger partial charge in [0.2, 0.25) is 5.95 Å². The number of aromatic nitrogens is 2. The van der Waals surface area contributed by atoms with Crippen molar-refractivity contribution in [2.24, 2.45) is 0 Å². The monoisotopic (exact) mass is 301 g/mol. The summed E-state index contributed by atoms with van der Waals surface area (Å²) in [4.78, 5) is 19.6. The summed E-state index contributed by atoms with van der Waals surface area (Å²) >= 11 is 0. The summed E-state index contributed by atoms with van der Waals surface area (Å²) in [5.74, 6) is 0.0537. The molecule has 1 aromatic carbocycles. The molecule has 2 aromatic rings. The lowest BCUT2D eigenvalue weighted by Gasteiger charge is -2.06. The average Bonchev–Trinajstić information content (AvgIpc) is 2.56. The van der Waals surface area contributed by atoms with E-state index >= 15 is 0 Å². The van der Waals surface area contributed by atoms with E-state index in [-0.39, 0.29) is 6.61 Å². The third kappa shape index (κ3) is 4.53. The van der Waals surface area contributed by atoms with Gasteiger partial charge in [-0.05, 0) is 24.5 Å². The van der Waals surface area contributed by atoms with Crippen LogP contribution in [0.4, 0.5) is 5.95 Å². The van der Waals surface area contributed by atoms with Crippen molar-refractivity contribution in [1.82, 2.24) is 9.97 Å². The summed E-state index contributed by atoms with van der Waals surface area (Å²) in [6, 6.07) is 7.77. The van der Waals surface area contributed by atoms with Crippen molar-refractivity contribution in [3.8, 4) is 0 Å². The number of benzene rings is 1. The fourth-order valence-corrected chi connectivity index (χ4v) is 1.87. The number of rotatable bonds is 7. The maximum Gasteiger partial charge on any atom is 0.341 e. The third-order valence-corrected chi connectivity index (χ3v) is 3.07. The largest absolute Gasteiger partial charge is 0.462 e. The maximum absolute atomic E-state index is 11.5. The van der Waals surface area contributed by atoms with E-state index in [1.807, 2.05) is 24.3 Å². The van der Waals surface area contributed by atoms with Crippen LogP contribution in [0, 0.1) is 0 Å². The normalized spacial score (nSPS) is 10.3. The molecule has 2 N–H and O–H groups in total. The molecule has 1 aromatic heterocycles. The molecule has 0 unspecified atom stereocenters. The molecule has 0 fully saturated rings. The Labute approximate surface area is 129 Å². The molecule has 6 nitrogen and oxygen atoms in total. The van der Waals surface area contributed by atoms with E-state index in [0.29, 0.717) is 24.7 Å². The Morgan fingerprint density at radius 1 is 1.18 bits per heavy atom. The van der Waals surface area contributed by atoms with Crippen molar-refractivity contribution in [3.05, 3.63) is 53.3 Å². The molecule has 0 aliphatic carbocycles. The Bertz CT molecular complexity index is 597. The molecule has 116 valence electrons. The number of anilines is 1. The summed E-state index contributed by atoms with van der Waals surface area (Å²) in [7, 11) is 0. The lowest BCUT2D eigenvalue weighted by atomic mass is 10.1. The number of hydrogen-bond donors (Lipinski definition) is 2. The number of ether oxygens (including phenoxy) is 1. The van der Waals surface area contributed by atoms with Gasteiger partial charge in [0.25, 0.3) is 0 Å². The standard InChI is InChI=1S/C16H19N3O3/c1-2-22-15(21)14-9-18-16(19-10-14)17-8-7-12-3-5-13(11-20)6-4-12/h3-6,9-10,20H,2,7-8,11H2,1H3,(H,17,18,19). The minimum Gasteiger partial charge on any atom is -0.462 e. The molecule has 0 aliphatic rings. The quantitative estimate of drug-likeness (QED) is 0.759. The zero-order valence-corrected chi connectivity index (χ0v) is 12.5. The Balaban J connectivity index is 1.82. The highest BCUT2D eigenvalue weighted by molar-refractivity contribution is 5.88. The number of nitrogens with one attached hydrogen (secondary N) is 1. The maximum atomic E-state index is 11.5. The zero-order valence-electron chi connectivity index (χ0n) is 12.5. The lowest BCUT2D eigenvalue weighted by Crippen LogP contribution is -2.10. The van der Waals surface area contributed by atoms with Gasteiger partial charge in [-0.1, -0.05) is 24.3 Å². The van der Waals surface area contributed by atoms with Gasteiger partial charge in [-0.2, -0.15) is 0 Å². The van der Waals surface area contributed by atoms with Crippen molar-refractivity contribution in [2.75, 3.05) is 18.5 Å². The second-order valence-corrected chi connectivity index (χ2v) is 4.67. The molecule has 2 rings (SSSR count). The highest BCUT2D eigenvalue weighted by atomic mass is 16.5. The molecule has 0 saturated heterocycles. The Morgan fingerprint density at radius 2 is 1.82 bits per heavy atom. The Kier molecular flexibility index (Phi) is 5.85. The van der Waals surface area contributed by atoms with Crippen molar-refractivity contribution >= 4 is 11.9 Å². The molecule has 0 spiro atoms. The molecule has 0 radical (unpaired) electrons. The summed E-state index contributed by atoms with van der Waals surface area (Å²) in [5, 5.41) is 12.1. The first-order chi connectivity index (χ1) is 10.7. The smallest absolute Gasteiger partial charge is 0.341 e. The van der Waals surface area contributed by atoms with Gasteiger partial charge in [-0.25, -0.2) is 14.8 Å². The fraction of sp³-hybridized carbons (Fsp3) is 0.312. The van der Waals surface area contributed by atoms with E-state index in [1.165, 1.54) is 12.4 Å². The zero-order chi connectivity index (χ0) is 15.8. The second kappa shape index (κ2) is 8.09. The van der Waals surface area contributed by atoms with Crippen molar-refractivity contribution in [3.63, 3.8) is 0 Å². The average molecular weight is 301 g/mol. The molecule has 0 amide bonds. The van der Waals surface area contributed by atoms with Gasteiger partial charge in [0.15, 0.2) is 0 Å². The third-order valence-electron chi connectivity index (χ3n) is 3.07. The molecule has 0 aliphatic heterocycles. The summed E-state index contributed by atoms with van der Waals surface area (Å²) in [6.45, 7) is 2.81. The molecule has 22 heavy (non-hydrogen) atoms. The van der Waals surface area contributed by atoms with Gasteiger partial charge in [0, 0.05) is 18.9 Å². The van der Waals surface area contributed by atoms with Crippen LogP contribution in [0.25, 0.3) is 0 Å². The topological polar surface area (TPSA) is 84.3 Å². The van der Waals surface area contributed by atoms with Gasteiger partial charge in [-0.15, -0.1) is 0 Å². The van der Waals surface area contributed by atoms with Crippen molar-refractivity contribution < 1.29 is 14.6 Å². The van der Waals surface area contributed by atoms with Gasteiger partial charge in [0.05, 0.1) is 18.8 Å². The highest BCUT2D eigenvalue weighted by Gasteiger charge is 2.07. The van der Waals surface area contributed by atoms with E-state index < -0.39 is 5.97 Å². The van der Waals surface area contributed by atoms with Crippen LogP contribution >= 0.6 is 0 Å². The van der Waals surface area contributed by atoms with Crippen LogP contribution in [-0.4, -0.2) is 34.2 Å². The van der Waals surface area contributed by atoms with E-state index in [2.05, 4.69) is 15.3 Å². The van der Waals surface area contributed by atoms with Crippen LogP contribution in [0.5, 0.6) is 0 Å². The van der Waals surface area contributed by atoms with E-state index in [0.717, 1.165) is 17.5 Å². The van der Waals surface area contributed by atoms with Crippen LogP contribution in [0.15, 0.2) is 36.7 Å². The van der Waals surface area contributed by atoms with Crippen molar-refractivity contribution in [2.45, 2.75) is 20.0 Å². The molecule has 0 bridgehead atoms. The number of hydrogen-bond acceptors (Lipinski definition) is 6. The summed E-state index contributed by atoms with van der Waals surface area (Å²) in [5.41, 5.74) is 2.40. The highest BCUT2D eigenvalue weighted by Crippen LogP contribution is 2.06. The second-order valence-electron chi connectivity index (χ2n) is 4.67. The Morgan fingerprint density at radius 3 is 2.41 bits per heavy atom. The predicted octanol–water partition coefficient (Wildman–Crippen LogP) is 1.80. The summed E-state index contributed by atoms with van der Waals surface area (Å²) in [6.07, 6.45) is 3.71. The van der Waals surface area contributed by atoms with Gasteiger partial charge in [-0.3, -0.25) is 0 Å².